The summed E-state index contributed by atoms with van der Waals surface area (Å²) in [7, 11) is -4.72. The van der Waals surface area contributed by atoms with Crippen molar-refractivity contribution in [3.05, 3.63) is 63.7 Å². The lowest BCUT2D eigenvalue weighted by atomic mass is 9.92. The van der Waals surface area contributed by atoms with Gasteiger partial charge in [-0.15, -0.1) is 0 Å². The first-order valence-electron chi connectivity index (χ1n) is 8.36. The van der Waals surface area contributed by atoms with Crippen molar-refractivity contribution in [1.82, 2.24) is 0 Å². The van der Waals surface area contributed by atoms with Crippen LogP contribution in [0.25, 0.3) is 0 Å². The summed E-state index contributed by atoms with van der Waals surface area (Å²) in [5.41, 5.74) is 3.76. The third-order valence-corrected chi connectivity index (χ3v) is 5.88. The van der Waals surface area contributed by atoms with E-state index in [0.29, 0.717) is 11.1 Å². The molecule has 0 saturated carbocycles. The maximum absolute atomic E-state index is 12.6. The Labute approximate surface area is 162 Å². The molecule has 28 heavy (non-hydrogen) atoms. The summed E-state index contributed by atoms with van der Waals surface area (Å²) in [5.74, 6) is -4.35. The first kappa shape index (κ1) is 21.7. The topological polar surface area (TPSA) is 77.5 Å². The van der Waals surface area contributed by atoms with Crippen LogP contribution in [0.4, 0.5) is 8.78 Å². The van der Waals surface area contributed by atoms with E-state index in [1.54, 1.807) is 6.92 Å². The summed E-state index contributed by atoms with van der Waals surface area (Å²) in [6, 6.07) is 5.96. The van der Waals surface area contributed by atoms with Crippen molar-refractivity contribution in [3.8, 4) is 0 Å². The Hall–Kier alpha value is -2.61. The van der Waals surface area contributed by atoms with Gasteiger partial charge in [-0.1, -0.05) is 6.07 Å². The van der Waals surface area contributed by atoms with Gasteiger partial charge >= 0.3 is 11.7 Å². The fourth-order valence-electron chi connectivity index (χ4n) is 3.09. The van der Waals surface area contributed by atoms with E-state index in [4.69, 9.17) is 4.74 Å². The molecule has 0 aromatic heterocycles. The molecule has 2 aromatic rings. The Morgan fingerprint density at radius 2 is 1.61 bits per heavy atom. The number of rotatable bonds is 6. The molecule has 0 spiro atoms. The SMILES string of the molecule is CC(=O)c1c(C)cc(C)c(COC(=O)c2ccc(S(=O)(=O)C(F)F)cc2)c1C. The Balaban J connectivity index is 2.22. The van der Waals surface area contributed by atoms with Crippen molar-refractivity contribution in [3.63, 3.8) is 0 Å². The van der Waals surface area contributed by atoms with Gasteiger partial charge in [-0.3, -0.25) is 4.79 Å². The van der Waals surface area contributed by atoms with Gasteiger partial charge in [0.1, 0.15) is 6.61 Å². The van der Waals surface area contributed by atoms with Crippen molar-refractivity contribution in [2.45, 2.75) is 45.0 Å². The molecule has 0 fully saturated rings. The van der Waals surface area contributed by atoms with Gasteiger partial charge in [0.25, 0.3) is 0 Å². The van der Waals surface area contributed by atoms with E-state index in [2.05, 4.69) is 0 Å². The molecular formula is C20H20F2O5S. The monoisotopic (exact) mass is 410 g/mol. The second kappa shape index (κ2) is 8.18. The zero-order valence-corrected chi connectivity index (χ0v) is 16.7. The maximum atomic E-state index is 12.6. The lowest BCUT2D eigenvalue weighted by Crippen LogP contribution is -2.12. The molecule has 0 aliphatic carbocycles. The van der Waals surface area contributed by atoms with Gasteiger partial charge in [0.15, 0.2) is 5.78 Å². The average Bonchev–Trinajstić information content (AvgIpc) is 2.60. The Bertz CT molecular complexity index is 1030. The standard InChI is InChI=1S/C20H20F2O5S/c1-11-9-12(2)18(14(4)23)13(3)17(11)10-27-19(24)15-5-7-16(8-6-15)28(25,26)20(21)22/h5-9,20H,10H2,1-4H3. The Morgan fingerprint density at radius 3 is 2.11 bits per heavy atom. The molecule has 0 bridgehead atoms. The summed E-state index contributed by atoms with van der Waals surface area (Å²) < 4.78 is 53.2. The number of ether oxygens (including phenoxy) is 1. The van der Waals surface area contributed by atoms with Crippen molar-refractivity contribution >= 4 is 21.6 Å². The molecule has 0 atom stereocenters. The van der Waals surface area contributed by atoms with E-state index in [-0.39, 0.29) is 18.0 Å². The van der Waals surface area contributed by atoms with E-state index in [1.807, 2.05) is 19.9 Å². The second-order valence-electron chi connectivity index (χ2n) is 6.45. The molecule has 0 amide bonds. The van der Waals surface area contributed by atoms with Crippen LogP contribution in [0.2, 0.25) is 0 Å². The van der Waals surface area contributed by atoms with Gasteiger partial charge in [-0.2, -0.15) is 8.78 Å². The zero-order valence-electron chi connectivity index (χ0n) is 15.9. The van der Waals surface area contributed by atoms with Crippen LogP contribution in [0.15, 0.2) is 35.2 Å². The first-order chi connectivity index (χ1) is 13.0. The molecular weight excluding hydrogens is 390 g/mol. The van der Waals surface area contributed by atoms with Gasteiger partial charge in [-0.05, 0) is 74.2 Å². The molecule has 0 aliphatic rings. The van der Waals surface area contributed by atoms with Crippen LogP contribution in [0.3, 0.4) is 0 Å². The van der Waals surface area contributed by atoms with Crippen molar-refractivity contribution in [2.24, 2.45) is 0 Å². The highest BCUT2D eigenvalue weighted by Crippen LogP contribution is 2.24. The lowest BCUT2D eigenvalue weighted by Gasteiger charge is -2.16. The minimum Gasteiger partial charge on any atom is -0.457 e. The van der Waals surface area contributed by atoms with Gasteiger partial charge in [0, 0.05) is 5.56 Å². The third-order valence-electron chi connectivity index (χ3n) is 4.48. The molecule has 150 valence electrons. The van der Waals surface area contributed by atoms with Crippen LogP contribution in [0, 0.1) is 20.8 Å². The van der Waals surface area contributed by atoms with E-state index >= 15 is 0 Å². The van der Waals surface area contributed by atoms with E-state index < -0.39 is 26.5 Å². The maximum Gasteiger partial charge on any atom is 0.341 e. The average molecular weight is 410 g/mol. The number of hydrogen-bond donors (Lipinski definition) is 0. The highest BCUT2D eigenvalue weighted by atomic mass is 32.2. The summed E-state index contributed by atoms with van der Waals surface area (Å²) in [5, 5.41) is 0. The number of sulfone groups is 1. The fourth-order valence-corrected chi connectivity index (χ4v) is 3.82. The van der Waals surface area contributed by atoms with Crippen molar-refractivity contribution in [1.29, 1.82) is 0 Å². The number of aryl methyl sites for hydroxylation is 2. The van der Waals surface area contributed by atoms with Crippen molar-refractivity contribution < 1.29 is 31.5 Å². The zero-order chi connectivity index (χ0) is 21.2. The van der Waals surface area contributed by atoms with Crippen LogP contribution in [-0.2, 0) is 21.2 Å². The third kappa shape index (κ3) is 4.27. The number of alkyl halides is 2. The summed E-state index contributed by atoms with van der Waals surface area (Å²) in [6.45, 7) is 6.85. The smallest absolute Gasteiger partial charge is 0.341 e. The summed E-state index contributed by atoms with van der Waals surface area (Å²) >= 11 is 0. The largest absolute Gasteiger partial charge is 0.457 e. The normalized spacial score (nSPS) is 11.5. The number of carbonyl (C=O) groups is 2. The quantitative estimate of drug-likeness (QED) is 0.528. The van der Waals surface area contributed by atoms with E-state index in [9.17, 15) is 26.8 Å². The molecule has 0 aliphatic heterocycles. The minimum absolute atomic E-state index is 0.0300. The van der Waals surface area contributed by atoms with Gasteiger partial charge < -0.3 is 4.74 Å². The Morgan fingerprint density at radius 1 is 1.04 bits per heavy atom. The predicted octanol–water partition coefficient (Wildman–Crippen LogP) is 4.17. The van der Waals surface area contributed by atoms with Crippen molar-refractivity contribution in [2.75, 3.05) is 0 Å². The second-order valence-corrected chi connectivity index (χ2v) is 8.37. The van der Waals surface area contributed by atoms with Gasteiger partial charge in [0.05, 0.1) is 10.5 Å². The number of esters is 1. The predicted molar refractivity (Wildman–Crippen MR) is 99.4 cm³/mol. The molecule has 2 aromatic carbocycles. The molecule has 0 saturated heterocycles. The van der Waals surface area contributed by atoms with Gasteiger partial charge in [0.2, 0.25) is 9.84 Å². The minimum atomic E-state index is -4.72. The molecule has 0 radical (unpaired) electrons. The first-order valence-corrected chi connectivity index (χ1v) is 9.91. The lowest BCUT2D eigenvalue weighted by molar-refractivity contribution is 0.0471. The fraction of sp³-hybridized carbons (Fsp3) is 0.300. The van der Waals surface area contributed by atoms with Gasteiger partial charge in [-0.25, -0.2) is 13.2 Å². The molecule has 0 N–H and O–H groups in total. The van der Waals surface area contributed by atoms with Crippen LogP contribution in [0.5, 0.6) is 0 Å². The summed E-state index contributed by atoms with van der Waals surface area (Å²) in [4.78, 5) is 23.5. The molecule has 0 unspecified atom stereocenters. The van der Waals surface area contributed by atoms with E-state index in [0.717, 1.165) is 41.0 Å². The number of Topliss-reactive ketones (excluding diaryl/α,β-unsaturated/α-hetero) is 1. The highest BCUT2D eigenvalue weighted by molar-refractivity contribution is 7.91. The Kier molecular flexibility index (Phi) is 6.34. The molecule has 8 heteroatoms. The highest BCUT2D eigenvalue weighted by Gasteiger charge is 2.26. The molecule has 0 heterocycles. The van der Waals surface area contributed by atoms with Crippen LogP contribution >= 0.6 is 0 Å². The van der Waals surface area contributed by atoms with Crippen LogP contribution in [0.1, 0.15) is 49.9 Å². The van der Waals surface area contributed by atoms with Crippen LogP contribution in [-0.4, -0.2) is 25.9 Å². The van der Waals surface area contributed by atoms with E-state index in [1.165, 1.54) is 6.92 Å². The molecule has 5 nitrogen and oxygen atoms in total. The number of carbonyl (C=O) groups excluding carboxylic acids is 2. The molecule has 2 rings (SSSR count). The summed E-state index contributed by atoms with van der Waals surface area (Å²) in [6.07, 6.45) is 0. The number of benzene rings is 2. The van der Waals surface area contributed by atoms with Crippen LogP contribution < -0.4 is 0 Å². The number of ketones is 1. The number of halogens is 2. The number of hydrogen-bond acceptors (Lipinski definition) is 5.